The van der Waals surface area contributed by atoms with Crippen LogP contribution < -0.4 is 0 Å². The Balaban J connectivity index is 1.95. The van der Waals surface area contributed by atoms with Crippen LogP contribution in [0.2, 0.25) is 0 Å². The Labute approximate surface area is 107 Å². The van der Waals surface area contributed by atoms with Gasteiger partial charge in [0.05, 0.1) is 0 Å². The van der Waals surface area contributed by atoms with Gasteiger partial charge in [-0.3, -0.25) is 0 Å². The van der Waals surface area contributed by atoms with Gasteiger partial charge in [0, 0.05) is 5.56 Å². The number of hydrogen-bond acceptors (Lipinski definition) is 1. The SMILES string of the molecule is C1=C(c2ccccc2)C=C(c2ccccc2)OC1. The highest BCUT2D eigenvalue weighted by Gasteiger charge is 2.09. The third-order valence-electron chi connectivity index (χ3n) is 2.99. The minimum atomic E-state index is 0.630. The first-order valence-corrected chi connectivity index (χ1v) is 6.09. The largest absolute Gasteiger partial charge is 0.489 e. The van der Waals surface area contributed by atoms with E-state index in [2.05, 4.69) is 48.6 Å². The van der Waals surface area contributed by atoms with Crippen LogP contribution in [-0.2, 0) is 4.74 Å². The maximum Gasteiger partial charge on any atom is 0.127 e. The van der Waals surface area contributed by atoms with E-state index in [4.69, 9.17) is 4.74 Å². The summed E-state index contributed by atoms with van der Waals surface area (Å²) in [6.45, 7) is 0.630. The first-order chi connectivity index (χ1) is 8.93. The van der Waals surface area contributed by atoms with Gasteiger partial charge in [-0.05, 0) is 23.3 Å². The van der Waals surface area contributed by atoms with E-state index in [0.29, 0.717) is 6.61 Å². The molecule has 1 nitrogen and oxygen atoms in total. The number of rotatable bonds is 2. The molecule has 0 atom stereocenters. The molecule has 0 saturated carbocycles. The van der Waals surface area contributed by atoms with Crippen LogP contribution >= 0.6 is 0 Å². The number of allylic oxidation sites excluding steroid dienone is 2. The van der Waals surface area contributed by atoms with Crippen molar-refractivity contribution in [1.82, 2.24) is 0 Å². The second kappa shape index (κ2) is 4.92. The fourth-order valence-electron chi connectivity index (χ4n) is 2.06. The van der Waals surface area contributed by atoms with Crippen molar-refractivity contribution in [3.63, 3.8) is 0 Å². The molecule has 1 aliphatic heterocycles. The summed E-state index contributed by atoms with van der Waals surface area (Å²) in [7, 11) is 0. The Morgan fingerprint density at radius 3 is 2.00 bits per heavy atom. The summed E-state index contributed by atoms with van der Waals surface area (Å²) in [5.74, 6) is 0.942. The van der Waals surface area contributed by atoms with Crippen molar-refractivity contribution < 1.29 is 4.74 Å². The van der Waals surface area contributed by atoms with Gasteiger partial charge < -0.3 is 4.74 Å². The van der Waals surface area contributed by atoms with Crippen molar-refractivity contribution in [1.29, 1.82) is 0 Å². The predicted molar refractivity (Wildman–Crippen MR) is 74.8 cm³/mol. The summed E-state index contributed by atoms with van der Waals surface area (Å²) < 4.78 is 5.70. The maximum atomic E-state index is 5.70. The molecule has 88 valence electrons. The van der Waals surface area contributed by atoms with Crippen LogP contribution in [0.1, 0.15) is 11.1 Å². The maximum absolute atomic E-state index is 5.70. The van der Waals surface area contributed by atoms with E-state index in [1.54, 1.807) is 0 Å². The zero-order valence-corrected chi connectivity index (χ0v) is 10.0. The molecule has 1 aliphatic rings. The lowest BCUT2D eigenvalue weighted by Crippen LogP contribution is -1.99. The Hall–Kier alpha value is -2.28. The van der Waals surface area contributed by atoms with Crippen LogP contribution in [0.3, 0.4) is 0 Å². The third-order valence-corrected chi connectivity index (χ3v) is 2.99. The van der Waals surface area contributed by atoms with Gasteiger partial charge in [0.2, 0.25) is 0 Å². The van der Waals surface area contributed by atoms with Crippen molar-refractivity contribution in [2.24, 2.45) is 0 Å². The first kappa shape index (κ1) is 10.8. The fraction of sp³-hybridized carbons (Fsp3) is 0.0588. The number of benzene rings is 2. The highest BCUT2D eigenvalue weighted by Crippen LogP contribution is 2.26. The Bertz CT molecular complexity index is 580. The summed E-state index contributed by atoms with van der Waals surface area (Å²) in [6.07, 6.45) is 4.22. The molecule has 0 fully saturated rings. The van der Waals surface area contributed by atoms with Crippen LogP contribution in [0.5, 0.6) is 0 Å². The second-order valence-electron chi connectivity index (χ2n) is 4.21. The van der Waals surface area contributed by atoms with Crippen LogP contribution in [0, 0.1) is 0 Å². The smallest absolute Gasteiger partial charge is 0.127 e. The summed E-state index contributed by atoms with van der Waals surface area (Å²) in [5.41, 5.74) is 3.58. The molecule has 0 saturated heterocycles. The van der Waals surface area contributed by atoms with E-state index in [0.717, 1.165) is 11.3 Å². The number of hydrogen-bond donors (Lipinski definition) is 0. The molecular formula is C17H14O. The lowest BCUT2D eigenvalue weighted by molar-refractivity contribution is 0.317. The summed E-state index contributed by atoms with van der Waals surface area (Å²) >= 11 is 0. The summed E-state index contributed by atoms with van der Waals surface area (Å²) in [5, 5.41) is 0. The molecule has 0 spiro atoms. The zero-order chi connectivity index (χ0) is 12.2. The van der Waals surface area contributed by atoms with Gasteiger partial charge >= 0.3 is 0 Å². The van der Waals surface area contributed by atoms with Crippen LogP contribution in [-0.4, -0.2) is 6.61 Å². The Morgan fingerprint density at radius 1 is 0.722 bits per heavy atom. The van der Waals surface area contributed by atoms with Crippen molar-refractivity contribution >= 4 is 11.3 Å². The molecule has 0 radical (unpaired) electrons. The van der Waals surface area contributed by atoms with E-state index >= 15 is 0 Å². The van der Waals surface area contributed by atoms with Gasteiger partial charge in [-0.25, -0.2) is 0 Å². The molecule has 1 heteroatoms. The van der Waals surface area contributed by atoms with E-state index in [1.165, 1.54) is 11.1 Å². The predicted octanol–water partition coefficient (Wildman–Crippen LogP) is 4.14. The quantitative estimate of drug-likeness (QED) is 0.758. The van der Waals surface area contributed by atoms with Crippen LogP contribution in [0.4, 0.5) is 0 Å². The molecule has 3 rings (SSSR count). The lowest BCUT2D eigenvalue weighted by atomic mass is 10.0. The average molecular weight is 234 g/mol. The molecule has 1 heterocycles. The van der Waals surface area contributed by atoms with E-state index in [9.17, 15) is 0 Å². The highest BCUT2D eigenvalue weighted by atomic mass is 16.5. The van der Waals surface area contributed by atoms with Gasteiger partial charge in [0.25, 0.3) is 0 Å². The number of ether oxygens (including phenoxy) is 1. The van der Waals surface area contributed by atoms with Gasteiger partial charge in [-0.1, -0.05) is 60.7 Å². The van der Waals surface area contributed by atoms with Crippen LogP contribution in [0.15, 0.2) is 72.8 Å². The highest BCUT2D eigenvalue weighted by molar-refractivity contribution is 5.83. The third kappa shape index (κ3) is 2.21. The Kier molecular flexibility index (Phi) is 2.97. The van der Waals surface area contributed by atoms with Gasteiger partial charge in [-0.2, -0.15) is 0 Å². The first-order valence-electron chi connectivity index (χ1n) is 6.09. The molecule has 0 N–H and O–H groups in total. The second-order valence-corrected chi connectivity index (χ2v) is 4.21. The molecule has 2 aromatic carbocycles. The topological polar surface area (TPSA) is 9.23 Å². The molecule has 0 bridgehead atoms. The zero-order valence-electron chi connectivity index (χ0n) is 10.0. The molecule has 0 aliphatic carbocycles. The van der Waals surface area contributed by atoms with E-state index in [-0.39, 0.29) is 0 Å². The normalized spacial score (nSPS) is 14.4. The van der Waals surface area contributed by atoms with Gasteiger partial charge in [0.1, 0.15) is 12.4 Å². The van der Waals surface area contributed by atoms with Crippen molar-refractivity contribution in [2.45, 2.75) is 0 Å². The monoisotopic (exact) mass is 234 g/mol. The molecule has 0 amide bonds. The molecule has 2 aromatic rings. The minimum absolute atomic E-state index is 0.630. The molecule has 0 aromatic heterocycles. The molecule has 18 heavy (non-hydrogen) atoms. The van der Waals surface area contributed by atoms with Crippen LogP contribution in [0.25, 0.3) is 11.3 Å². The summed E-state index contributed by atoms with van der Waals surface area (Å²) in [6, 6.07) is 20.6. The summed E-state index contributed by atoms with van der Waals surface area (Å²) in [4.78, 5) is 0. The Morgan fingerprint density at radius 2 is 1.33 bits per heavy atom. The van der Waals surface area contributed by atoms with Crippen molar-refractivity contribution in [2.75, 3.05) is 6.61 Å². The molecule has 0 unspecified atom stereocenters. The lowest BCUT2D eigenvalue weighted by Gasteiger charge is -2.16. The van der Waals surface area contributed by atoms with E-state index in [1.807, 2.05) is 24.3 Å². The van der Waals surface area contributed by atoms with E-state index < -0.39 is 0 Å². The van der Waals surface area contributed by atoms with Crippen molar-refractivity contribution in [3.8, 4) is 0 Å². The van der Waals surface area contributed by atoms with Crippen molar-refractivity contribution in [3.05, 3.63) is 83.9 Å². The van der Waals surface area contributed by atoms with Gasteiger partial charge in [0.15, 0.2) is 0 Å². The molecular weight excluding hydrogens is 220 g/mol. The minimum Gasteiger partial charge on any atom is -0.489 e. The standard InChI is InChI=1S/C17H14O/c1-3-7-14(8-4-1)16-11-12-18-17(13-16)15-9-5-2-6-10-15/h1-11,13H,12H2. The fourth-order valence-corrected chi connectivity index (χ4v) is 2.06. The average Bonchev–Trinajstić information content (AvgIpc) is 2.49. The van der Waals surface area contributed by atoms with Gasteiger partial charge in [-0.15, -0.1) is 0 Å².